The third-order valence-corrected chi connectivity index (χ3v) is 4.02. The average molecular weight is 292 g/mol. The molecule has 1 unspecified atom stereocenters. The zero-order chi connectivity index (χ0) is 15.4. The zero-order valence-corrected chi connectivity index (χ0v) is 13.0. The van der Waals surface area contributed by atoms with Crippen molar-refractivity contribution in [1.29, 1.82) is 0 Å². The molecule has 1 aromatic carbocycles. The van der Waals surface area contributed by atoms with Crippen LogP contribution in [0.3, 0.4) is 0 Å². The van der Waals surface area contributed by atoms with Gasteiger partial charge in [0.25, 0.3) is 5.69 Å². The van der Waals surface area contributed by atoms with E-state index in [9.17, 15) is 10.1 Å². The predicted molar refractivity (Wildman–Crippen MR) is 84.6 cm³/mol. The number of nitro benzene ring substituents is 1. The molecule has 116 valence electrons. The van der Waals surface area contributed by atoms with Crippen molar-refractivity contribution in [2.45, 2.75) is 25.4 Å². The maximum absolute atomic E-state index is 11.1. The average Bonchev–Trinajstić information content (AvgIpc) is 2.84. The highest BCUT2D eigenvalue weighted by Gasteiger charge is 2.26. The second kappa shape index (κ2) is 6.87. The Morgan fingerprint density at radius 1 is 1.48 bits per heavy atom. The second-order valence-electron chi connectivity index (χ2n) is 5.85. The number of benzene rings is 1. The van der Waals surface area contributed by atoms with E-state index in [1.165, 1.54) is 12.8 Å². The van der Waals surface area contributed by atoms with Crippen LogP contribution in [0, 0.1) is 10.1 Å². The van der Waals surface area contributed by atoms with Crippen LogP contribution in [0.1, 0.15) is 18.4 Å². The lowest BCUT2D eigenvalue weighted by molar-refractivity contribution is -0.384. The van der Waals surface area contributed by atoms with Crippen LogP contribution < -0.4 is 5.32 Å². The summed E-state index contributed by atoms with van der Waals surface area (Å²) in [6.45, 7) is 2.85. The Morgan fingerprint density at radius 3 is 2.86 bits per heavy atom. The SMILES string of the molecule is CNc1c(CN2CCCC2CN(C)C)cccc1[N+](=O)[O-]. The molecule has 1 saturated heterocycles. The number of likely N-dealkylation sites (tertiary alicyclic amines) is 1. The van der Waals surface area contributed by atoms with Crippen molar-refractivity contribution in [1.82, 2.24) is 9.80 Å². The van der Waals surface area contributed by atoms with Crippen LogP contribution in [0.4, 0.5) is 11.4 Å². The summed E-state index contributed by atoms with van der Waals surface area (Å²) in [5.74, 6) is 0. The Morgan fingerprint density at radius 2 is 2.24 bits per heavy atom. The Balaban J connectivity index is 2.19. The van der Waals surface area contributed by atoms with Gasteiger partial charge in [0.1, 0.15) is 5.69 Å². The normalized spacial score (nSPS) is 19.1. The first kappa shape index (κ1) is 15.7. The van der Waals surface area contributed by atoms with E-state index in [0.29, 0.717) is 11.7 Å². The van der Waals surface area contributed by atoms with Crippen molar-refractivity contribution in [3.05, 3.63) is 33.9 Å². The van der Waals surface area contributed by atoms with E-state index in [1.807, 2.05) is 6.07 Å². The van der Waals surface area contributed by atoms with Gasteiger partial charge in [-0.1, -0.05) is 12.1 Å². The number of hydrogen-bond donors (Lipinski definition) is 1. The van der Waals surface area contributed by atoms with E-state index in [2.05, 4.69) is 29.2 Å². The molecule has 0 radical (unpaired) electrons. The summed E-state index contributed by atoms with van der Waals surface area (Å²) in [6.07, 6.45) is 2.39. The van der Waals surface area contributed by atoms with Crippen molar-refractivity contribution < 1.29 is 4.92 Å². The molecule has 0 amide bonds. The summed E-state index contributed by atoms with van der Waals surface area (Å²) in [5.41, 5.74) is 1.79. The molecule has 0 saturated carbocycles. The lowest BCUT2D eigenvalue weighted by atomic mass is 10.1. The van der Waals surface area contributed by atoms with Crippen molar-refractivity contribution >= 4 is 11.4 Å². The molecule has 1 N–H and O–H groups in total. The molecule has 1 heterocycles. The summed E-state index contributed by atoms with van der Waals surface area (Å²) in [5, 5.41) is 14.1. The molecule has 1 atom stereocenters. The first-order chi connectivity index (χ1) is 10.0. The summed E-state index contributed by atoms with van der Waals surface area (Å²) in [4.78, 5) is 15.4. The molecule has 0 aliphatic carbocycles. The topological polar surface area (TPSA) is 61.6 Å². The molecule has 21 heavy (non-hydrogen) atoms. The maximum Gasteiger partial charge on any atom is 0.292 e. The van der Waals surface area contributed by atoms with Crippen molar-refractivity contribution in [2.24, 2.45) is 0 Å². The molecule has 2 rings (SSSR count). The summed E-state index contributed by atoms with van der Waals surface area (Å²) < 4.78 is 0. The van der Waals surface area contributed by atoms with E-state index < -0.39 is 0 Å². The standard InChI is InChI=1S/C15H24N4O2/c1-16-15-12(6-4-8-14(15)19(20)21)10-18-9-5-7-13(18)11-17(2)3/h4,6,8,13,16H,5,7,9-11H2,1-3H3. The fourth-order valence-electron chi connectivity index (χ4n) is 3.11. The molecule has 0 spiro atoms. The molecule has 1 fully saturated rings. The van der Waals surface area contributed by atoms with E-state index in [4.69, 9.17) is 0 Å². The highest BCUT2D eigenvalue weighted by atomic mass is 16.6. The van der Waals surface area contributed by atoms with Crippen LogP contribution in [0.2, 0.25) is 0 Å². The van der Waals surface area contributed by atoms with Crippen LogP contribution in [-0.4, -0.2) is 55.0 Å². The van der Waals surface area contributed by atoms with Crippen LogP contribution in [0.25, 0.3) is 0 Å². The third kappa shape index (κ3) is 3.71. The zero-order valence-electron chi connectivity index (χ0n) is 13.0. The van der Waals surface area contributed by atoms with Gasteiger partial charge < -0.3 is 10.2 Å². The third-order valence-electron chi connectivity index (χ3n) is 4.02. The van der Waals surface area contributed by atoms with Crippen molar-refractivity contribution in [2.75, 3.05) is 39.5 Å². The van der Waals surface area contributed by atoms with Gasteiger partial charge in [-0.25, -0.2) is 0 Å². The molecule has 6 nitrogen and oxygen atoms in total. The first-order valence-electron chi connectivity index (χ1n) is 7.35. The summed E-state index contributed by atoms with van der Waals surface area (Å²) in [7, 11) is 5.92. The molecular weight excluding hydrogens is 268 g/mol. The summed E-state index contributed by atoms with van der Waals surface area (Å²) >= 11 is 0. The number of likely N-dealkylation sites (N-methyl/N-ethyl adjacent to an activating group) is 1. The number of nitrogens with zero attached hydrogens (tertiary/aromatic N) is 3. The van der Waals surface area contributed by atoms with Gasteiger partial charge in [0.15, 0.2) is 0 Å². The Labute approximate surface area is 125 Å². The van der Waals surface area contributed by atoms with Crippen molar-refractivity contribution in [3.8, 4) is 0 Å². The number of nitrogens with one attached hydrogen (secondary N) is 1. The molecule has 1 aliphatic heterocycles. The van der Waals surface area contributed by atoms with Gasteiger partial charge in [0.2, 0.25) is 0 Å². The quantitative estimate of drug-likeness (QED) is 0.643. The number of hydrogen-bond acceptors (Lipinski definition) is 5. The van der Waals surface area contributed by atoms with Gasteiger partial charge in [-0.3, -0.25) is 15.0 Å². The minimum absolute atomic E-state index is 0.151. The lowest BCUT2D eigenvalue weighted by Gasteiger charge is -2.27. The number of nitro groups is 1. The monoisotopic (exact) mass is 292 g/mol. The van der Waals surface area contributed by atoms with Crippen molar-refractivity contribution in [3.63, 3.8) is 0 Å². The van der Waals surface area contributed by atoms with Gasteiger partial charge in [0, 0.05) is 32.2 Å². The number of anilines is 1. The van der Waals surface area contributed by atoms with E-state index in [-0.39, 0.29) is 10.6 Å². The number of rotatable bonds is 6. The minimum atomic E-state index is -0.323. The Kier molecular flexibility index (Phi) is 5.14. The van der Waals surface area contributed by atoms with Crippen LogP contribution in [-0.2, 0) is 6.54 Å². The smallest absolute Gasteiger partial charge is 0.292 e. The Hall–Kier alpha value is -1.66. The Bertz CT molecular complexity index is 504. The summed E-state index contributed by atoms with van der Waals surface area (Å²) in [6, 6.07) is 5.83. The fourth-order valence-corrected chi connectivity index (χ4v) is 3.11. The van der Waals surface area contributed by atoms with Gasteiger partial charge >= 0.3 is 0 Å². The van der Waals surface area contributed by atoms with Crippen LogP contribution in [0.5, 0.6) is 0 Å². The predicted octanol–water partition coefficient (Wildman–Crippen LogP) is 2.16. The highest BCUT2D eigenvalue weighted by molar-refractivity contribution is 5.66. The molecule has 0 aromatic heterocycles. The fraction of sp³-hybridized carbons (Fsp3) is 0.600. The van der Waals surface area contributed by atoms with E-state index >= 15 is 0 Å². The number of para-hydroxylation sites is 1. The van der Waals surface area contributed by atoms with E-state index in [0.717, 1.165) is 25.2 Å². The van der Waals surface area contributed by atoms with Crippen LogP contribution in [0.15, 0.2) is 18.2 Å². The minimum Gasteiger partial charge on any atom is -0.382 e. The highest BCUT2D eigenvalue weighted by Crippen LogP contribution is 2.30. The van der Waals surface area contributed by atoms with Gasteiger partial charge in [0.05, 0.1) is 4.92 Å². The largest absolute Gasteiger partial charge is 0.382 e. The molecule has 6 heteroatoms. The van der Waals surface area contributed by atoms with Crippen LogP contribution >= 0.6 is 0 Å². The second-order valence-corrected chi connectivity index (χ2v) is 5.85. The molecule has 1 aromatic rings. The van der Waals surface area contributed by atoms with E-state index in [1.54, 1.807) is 19.2 Å². The van der Waals surface area contributed by atoms with Gasteiger partial charge in [-0.2, -0.15) is 0 Å². The molecule has 1 aliphatic rings. The maximum atomic E-state index is 11.1. The molecular formula is C15H24N4O2. The van der Waals surface area contributed by atoms with Gasteiger partial charge in [-0.05, 0) is 39.0 Å². The molecule has 0 bridgehead atoms. The first-order valence-corrected chi connectivity index (χ1v) is 7.35. The lowest BCUT2D eigenvalue weighted by Crippen LogP contribution is -2.37. The van der Waals surface area contributed by atoms with Gasteiger partial charge in [-0.15, -0.1) is 0 Å².